The number of anilines is 2. The Morgan fingerprint density at radius 3 is 2.41 bits per heavy atom. The molecule has 0 saturated carbocycles. The second-order valence-electron chi connectivity index (χ2n) is 6.29. The molecule has 27 heavy (non-hydrogen) atoms. The standard InChI is InChI=1S/C18H20N4O5/c1-24-12-7-9(8-13(25-2)16(12)26-3)15-14-10(5-4-6-11(14)23)19-17-18(20-15)22-27-21-17/h7-8,15H,4-6H2,1-3H3,(H,19,21)(H,20,22). The number of ketones is 1. The molecule has 9 nitrogen and oxygen atoms in total. The Bertz CT molecular complexity index is 895. The molecule has 1 aliphatic carbocycles. The number of methoxy groups -OCH3 is 3. The van der Waals surface area contributed by atoms with Crippen LogP contribution in [0, 0.1) is 0 Å². The van der Waals surface area contributed by atoms with Crippen LogP contribution in [-0.4, -0.2) is 37.4 Å². The summed E-state index contributed by atoms with van der Waals surface area (Å²) >= 11 is 0. The van der Waals surface area contributed by atoms with Crippen molar-refractivity contribution in [1.29, 1.82) is 0 Å². The first-order valence-corrected chi connectivity index (χ1v) is 8.58. The molecule has 2 N–H and O–H groups in total. The highest BCUT2D eigenvalue weighted by Gasteiger charge is 2.34. The first-order chi connectivity index (χ1) is 13.2. The van der Waals surface area contributed by atoms with Gasteiger partial charge in [-0.2, -0.15) is 0 Å². The van der Waals surface area contributed by atoms with Crippen molar-refractivity contribution >= 4 is 17.4 Å². The van der Waals surface area contributed by atoms with Gasteiger partial charge in [0.2, 0.25) is 17.4 Å². The molecule has 2 heterocycles. The highest BCUT2D eigenvalue weighted by atomic mass is 16.6. The van der Waals surface area contributed by atoms with Crippen molar-refractivity contribution < 1.29 is 23.6 Å². The van der Waals surface area contributed by atoms with Crippen molar-refractivity contribution in [3.05, 3.63) is 29.0 Å². The normalized spacial score (nSPS) is 18.6. The van der Waals surface area contributed by atoms with Crippen molar-refractivity contribution in [3.63, 3.8) is 0 Å². The Balaban J connectivity index is 1.89. The van der Waals surface area contributed by atoms with Gasteiger partial charge in [-0.15, -0.1) is 0 Å². The van der Waals surface area contributed by atoms with Crippen LogP contribution in [0.25, 0.3) is 0 Å². The minimum atomic E-state index is -0.456. The van der Waals surface area contributed by atoms with Crippen molar-refractivity contribution in [2.45, 2.75) is 25.3 Å². The van der Waals surface area contributed by atoms with Gasteiger partial charge in [0.25, 0.3) is 0 Å². The van der Waals surface area contributed by atoms with E-state index < -0.39 is 6.04 Å². The molecule has 1 aliphatic heterocycles. The number of carbonyl (C=O) groups is 1. The topological polar surface area (TPSA) is 108 Å². The number of nitrogens with zero attached hydrogens (tertiary/aromatic N) is 2. The van der Waals surface area contributed by atoms with E-state index in [0.29, 0.717) is 40.9 Å². The number of allylic oxidation sites excluding steroid dienone is 1. The zero-order valence-electron chi connectivity index (χ0n) is 15.3. The van der Waals surface area contributed by atoms with Crippen LogP contribution in [0.2, 0.25) is 0 Å². The fourth-order valence-corrected chi connectivity index (χ4v) is 3.56. The second kappa shape index (κ2) is 6.82. The Hall–Kier alpha value is -3.23. The van der Waals surface area contributed by atoms with Gasteiger partial charge < -0.3 is 24.8 Å². The Morgan fingerprint density at radius 1 is 1.04 bits per heavy atom. The number of Topliss-reactive ketones (excluding diaryl/α,β-unsaturated/α-hetero) is 1. The molecule has 1 aromatic heterocycles. The van der Waals surface area contributed by atoms with E-state index in [9.17, 15) is 4.79 Å². The van der Waals surface area contributed by atoms with Gasteiger partial charge in [0.05, 0.1) is 27.4 Å². The van der Waals surface area contributed by atoms with Gasteiger partial charge in [0, 0.05) is 17.7 Å². The molecule has 4 rings (SSSR count). The Kier molecular flexibility index (Phi) is 4.35. The summed E-state index contributed by atoms with van der Waals surface area (Å²) in [7, 11) is 4.66. The molecule has 1 atom stereocenters. The summed E-state index contributed by atoms with van der Waals surface area (Å²) in [5.74, 6) is 2.49. The van der Waals surface area contributed by atoms with Crippen LogP contribution < -0.4 is 24.8 Å². The number of fused-ring (bicyclic) bond motifs is 1. The van der Waals surface area contributed by atoms with Crippen molar-refractivity contribution in [2.24, 2.45) is 0 Å². The largest absolute Gasteiger partial charge is 0.493 e. The average Bonchev–Trinajstić information content (AvgIpc) is 3.05. The van der Waals surface area contributed by atoms with Crippen LogP contribution in [0.1, 0.15) is 30.9 Å². The summed E-state index contributed by atoms with van der Waals surface area (Å²) < 4.78 is 21.2. The predicted molar refractivity (Wildman–Crippen MR) is 96.3 cm³/mol. The van der Waals surface area contributed by atoms with Crippen LogP contribution in [0.3, 0.4) is 0 Å². The number of nitrogens with one attached hydrogen (secondary N) is 2. The van der Waals surface area contributed by atoms with E-state index in [2.05, 4.69) is 20.9 Å². The van der Waals surface area contributed by atoms with E-state index in [-0.39, 0.29) is 5.78 Å². The number of hydrogen-bond acceptors (Lipinski definition) is 9. The lowest BCUT2D eigenvalue weighted by Gasteiger charge is -2.26. The van der Waals surface area contributed by atoms with Gasteiger partial charge in [-0.05, 0) is 40.9 Å². The fraction of sp³-hybridized carbons (Fsp3) is 0.389. The summed E-state index contributed by atoms with van der Waals surface area (Å²) in [4.78, 5) is 12.8. The number of aromatic nitrogens is 2. The number of hydrogen-bond donors (Lipinski definition) is 2. The van der Waals surface area contributed by atoms with Crippen LogP contribution in [0.5, 0.6) is 17.2 Å². The number of carbonyl (C=O) groups excluding carboxylic acids is 1. The van der Waals surface area contributed by atoms with Crippen molar-refractivity contribution in [1.82, 2.24) is 10.3 Å². The summed E-state index contributed by atoms with van der Waals surface area (Å²) in [6.45, 7) is 0. The number of ether oxygens (including phenoxy) is 3. The summed E-state index contributed by atoms with van der Waals surface area (Å²) in [5, 5.41) is 14.2. The quantitative estimate of drug-likeness (QED) is 0.837. The zero-order chi connectivity index (χ0) is 19.0. The summed E-state index contributed by atoms with van der Waals surface area (Å²) in [5.41, 5.74) is 2.27. The lowest BCUT2D eigenvalue weighted by atomic mass is 9.86. The van der Waals surface area contributed by atoms with Gasteiger partial charge in [-0.3, -0.25) is 4.79 Å². The molecule has 0 amide bonds. The second-order valence-corrected chi connectivity index (χ2v) is 6.29. The van der Waals surface area contributed by atoms with Gasteiger partial charge in [-0.25, -0.2) is 4.63 Å². The van der Waals surface area contributed by atoms with Crippen LogP contribution in [-0.2, 0) is 4.79 Å². The van der Waals surface area contributed by atoms with E-state index in [1.54, 1.807) is 21.3 Å². The third-order valence-corrected chi connectivity index (χ3v) is 4.80. The van der Waals surface area contributed by atoms with E-state index in [0.717, 1.165) is 24.1 Å². The van der Waals surface area contributed by atoms with Gasteiger partial charge in [0.1, 0.15) is 0 Å². The van der Waals surface area contributed by atoms with Gasteiger partial charge in [0.15, 0.2) is 17.3 Å². The van der Waals surface area contributed by atoms with Crippen molar-refractivity contribution in [2.75, 3.05) is 32.0 Å². The van der Waals surface area contributed by atoms with Gasteiger partial charge >= 0.3 is 0 Å². The van der Waals surface area contributed by atoms with E-state index in [1.807, 2.05) is 12.1 Å². The molecule has 2 aromatic rings. The van der Waals surface area contributed by atoms with Crippen LogP contribution in [0.4, 0.5) is 11.6 Å². The smallest absolute Gasteiger partial charge is 0.219 e. The van der Waals surface area contributed by atoms with E-state index >= 15 is 0 Å². The van der Waals surface area contributed by atoms with Gasteiger partial charge in [-0.1, -0.05) is 0 Å². The average molecular weight is 372 g/mol. The SMILES string of the molecule is COc1cc(C2Nc3nonc3NC3=C2C(=O)CCC3)cc(OC)c1OC. The zero-order valence-corrected chi connectivity index (χ0v) is 15.3. The minimum Gasteiger partial charge on any atom is -0.493 e. The first-order valence-electron chi connectivity index (χ1n) is 8.58. The summed E-state index contributed by atoms with van der Waals surface area (Å²) in [6, 6.07) is 3.19. The monoisotopic (exact) mass is 372 g/mol. The Morgan fingerprint density at radius 2 is 1.74 bits per heavy atom. The molecule has 0 radical (unpaired) electrons. The van der Waals surface area contributed by atoms with E-state index in [1.165, 1.54) is 0 Å². The highest BCUT2D eigenvalue weighted by molar-refractivity contribution is 6.00. The summed E-state index contributed by atoms with van der Waals surface area (Å²) in [6.07, 6.45) is 2.03. The molecule has 142 valence electrons. The third kappa shape index (κ3) is 2.84. The third-order valence-electron chi connectivity index (χ3n) is 4.80. The Labute approximate surface area is 155 Å². The first kappa shape index (κ1) is 17.2. The minimum absolute atomic E-state index is 0.0806. The molecule has 2 aliphatic rings. The molecular weight excluding hydrogens is 352 g/mol. The van der Waals surface area contributed by atoms with Crippen molar-refractivity contribution in [3.8, 4) is 17.2 Å². The fourth-order valence-electron chi connectivity index (χ4n) is 3.56. The maximum atomic E-state index is 12.8. The van der Waals surface area contributed by atoms with E-state index in [4.69, 9.17) is 18.8 Å². The lowest BCUT2D eigenvalue weighted by molar-refractivity contribution is -0.116. The molecule has 9 heteroatoms. The molecule has 1 aromatic carbocycles. The predicted octanol–water partition coefficient (Wildman–Crippen LogP) is 2.68. The molecular formula is C18H20N4O5. The molecule has 1 unspecified atom stereocenters. The molecule has 0 spiro atoms. The van der Waals surface area contributed by atoms with Crippen LogP contribution >= 0.6 is 0 Å². The number of benzene rings is 1. The lowest BCUT2D eigenvalue weighted by Crippen LogP contribution is -2.24. The molecule has 0 bridgehead atoms. The maximum absolute atomic E-state index is 12.8. The highest BCUT2D eigenvalue weighted by Crippen LogP contribution is 2.44. The molecule has 0 saturated heterocycles. The number of rotatable bonds is 4. The maximum Gasteiger partial charge on any atom is 0.219 e. The van der Waals surface area contributed by atoms with Crippen LogP contribution in [0.15, 0.2) is 28.0 Å². The molecule has 0 fully saturated rings.